The maximum atomic E-state index is 11.0. The standard InChI is InChI=1S/C15H15NO3/c1-2-12-8-11(9-16-14(12)15(18)19)7-10-3-5-13(17)6-4-10/h3-6,8-9,17H,2,7H2,1H3,(H,18,19). The van der Waals surface area contributed by atoms with Crippen molar-refractivity contribution in [2.75, 3.05) is 0 Å². The molecule has 0 saturated heterocycles. The number of hydrogen-bond donors (Lipinski definition) is 2. The Morgan fingerprint density at radius 3 is 2.47 bits per heavy atom. The minimum atomic E-state index is -0.993. The smallest absolute Gasteiger partial charge is 0.354 e. The van der Waals surface area contributed by atoms with Gasteiger partial charge in [-0.3, -0.25) is 0 Å². The second-order valence-corrected chi connectivity index (χ2v) is 4.35. The van der Waals surface area contributed by atoms with Gasteiger partial charge >= 0.3 is 5.97 Å². The highest BCUT2D eigenvalue weighted by molar-refractivity contribution is 5.87. The van der Waals surface area contributed by atoms with E-state index in [4.69, 9.17) is 5.11 Å². The summed E-state index contributed by atoms with van der Waals surface area (Å²) in [5, 5.41) is 18.2. The average molecular weight is 257 g/mol. The van der Waals surface area contributed by atoms with Gasteiger partial charge in [-0.15, -0.1) is 0 Å². The molecule has 0 atom stereocenters. The lowest BCUT2D eigenvalue weighted by Gasteiger charge is -2.07. The van der Waals surface area contributed by atoms with Crippen molar-refractivity contribution in [2.24, 2.45) is 0 Å². The van der Waals surface area contributed by atoms with Gasteiger partial charge < -0.3 is 10.2 Å². The van der Waals surface area contributed by atoms with Crippen molar-refractivity contribution in [1.29, 1.82) is 0 Å². The number of carbonyl (C=O) groups is 1. The summed E-state index contributed by atoms with van der Waals surface area (Å²) in [4.78, 5) is 15.0. The fourth-order valence-corrected chi connectivity index (χ4v) is 1.97. The highest BCUT2D eigenvalue weighted by Gasteiger charge is 2.11. The zero-order valence-corrected chi connectivity index (χ0v) is 10.6. The monoisotopic (exact) mass is 257 g/mol. The summed E-state index contributed by atoms with van der Waals surface area (Å²) in [6, 6.07) is 8.83. The van der Waals surface area contributed by atoms with Crippen LogP contribution in [0.4, 0.5) is 0 Å². The Hall–Kier alpha value is -2.36. The lowest BCUT2D eigenvalue weighted by Crippen LogP contribution is -2.06. The molecule has 2 rings (SSSR count). The number of carboxylic acids is 1. The van der Waals surface area contributed by atoms with E-state index in [1.54, 1.807) is 18.3 Å². The summed E-state index contributed by atoms with van der Waals surface area (Å²) < 4.78 is 0. The predicted molar refractivity (Wildman–Crippen MR) is 71.5 cm³/mol. The molecule has 0 aliphatic carbocycles. The number of aromatic hydroxyl groups is 1. The molecule has 0 bridgehead atoms. The number of phenolic OH excluding ortho intramolecular Hbond substituents is 1. The van der Waals surface area contributed by atoms with Crippen LogP contribution in [0.1, 0.15) is 34.1 Å². The van der Waals surface area contributed by atoms with E-state index >= 15 is 0 Å². The normalized spacial score (nSPS) is 10.4. The molecule has 1 aromatic carbocycles. The number of carboxylic acid groups (broad SMARTS) is 1. The van der Waals surface area contributed by atoms with Crippen LogP contribution >= 0.6 is 0 Å². The van der Waals surface area contributed by atoms with Crippen LogP contribution in [0.25, 0.3) is 0 Å². The Bertz CT molecular complexity index is 591. The molecule has 0 aliphatic rings. The van der Waals surface area contributed by atoms with Gasteiger partial charge in [0.15, 0.2) is 5.69 Å². The highest BCUT2D eigenvalue weighted by atomic mass is 16.4. The third-order valence-electron chi connectivity index (χ3n) is 2.95. The zero-order chi connectivity index (χ0) is 13.8. The summed E-state index contributed by atoms with van der Waals surface area (Å²) in [6.45, 7) is 1.91. The van der Waals surface area contributed by atoms with E-state index in [9.17, 15) is 9.90 Å². The van der Waals surface area contributed by atoms with Crippen LogP contribution in [0.15, 0.2) is 36.5 Å². The van der Waals surface area contributed by atoms with Crippen molar-refractivity contribution in [3.05, 3.63) is 58.9 Å². The number of benzene rings is 1. The molecular weight excluding hydrogens is 242 g/mol. The van der Waals surface area contributed by atoms with Gasteiger partial charge in [0.2, 0.25) is 0 Å². The first-order valence-corrected chi connectivity index (χ1v) is 6.09. The minimum Gasteiger partial charge on any atom is -0.508 e. The van der Waals surface area contributed by atoms with Gasteiger partial charge in [0.25, 0.3) is 0 Å². The minimum absolute atomic E-state index is 0.122. The van der Waals surface area contributed by atoms with Gasteiger partial charge in [-0.05, 0) is 41.7 Å². The summed E-state index contributed by atoms with van der Waals surface area (Å²) in [6.07, 6.45) is 2.90. The van der Waals surface area contributed by atoms with E-state index in [0.29, 0.717) is 12.8 Å². The van der Waals surface area contributed by atoms with Crippen LogP contribution in [0.2, 0.25) is 0 Å². The number of rotatable bonds is 4. The quantitative estimate of drug-likeness (QED) is 0.883. The molecule has 0 spiro atoms. The van der Waals surface area contributed by atoms with Gasteiger partial charge in [0.05, 0.1) is 0 Å². The van der Waals surface area contributed by atoms with E-state index in [1.807, 2.05) is 25.1 Å². The Morgan fingerprint density at radius 2 is 1.89 bits per heavy atom. The maximum Gasteiger partial charge on any atom is 0.354 e. The van der Waals surface area contributed by atoms with Gasteiger partial charge in [0, 0.05) is 6.20 Å². The Balaban J connectivity index is 2.26. The highest BCUT2D eigenvalue weighted by Crippen LogP contribution is 2.16. The summed E-state index contributed by atoms with van der Waals surface area (Å²) in [7, 11) is 0. The van der Waals surface area contributed by atoms with Crippen LogP contribution in [0.3, 0.4) is 0 Å². The molecule has 98 valence electrons. The molecule has 0 saturated carbocycles. The Kier molecular flexibility index (Phi) is 3.80. The fourth-order valence-electron chi connectivity index (χ4n) is 1.97. The fraction of sp³-hybridized carbons (Fsp3) is 0.200. The molecule has 0 radical (unpaired) electrons. The molecule has 0 fully saturated rings. The predicted octanol–water partition coefficient (Wildman–Crippen LogP) is 2.64. The number of phenols is 1. The zero-order valence-electron chi connectivity index (χ0n) is 10.6. The van der Waals surface area contributed by atoms with Crippen molar-refractivity contribution in [3.63, 3.8) is 0 Å². The molecule has 1 aromatic heterocycles. The average Bonchev–Trinajstić information content (AvgIpc) is 2.41. The van der Waals surface area contributed by atoms with Crippen molar-refractivity contribution in [3.8, 4) is 5.75 Å². The van der Waals surface area contributed by atoms with E-state index < -0.39 is 5.97 Å². The number of aryl methyl sites for hydroxylation is 1. The van der Waals surface area contributed by atoms with Crippen LogP contribution in [-0.2, 0) is 12.8 Å². The van der Waals surface area contributed by atoms with Crippen LogP contribution in [0.5, 0.6) is 5.75 Å². The van der Waals surface area contributed by atoms with Crippen LogP contribution in [0, 0.1) is 0 Å². The van der Waals surface area contributed by atoms with Crippen molar-refractivity contribution in [2.45, 2.75) is 19.8 Å². The molecular formula is C15H15NO3. The van der Waals surface area contributed by atoms with Crippen LogP contribution < -0.4 is 0 Å². The second kappa shape index (κ2) is 5.52. The molecule has 4 nitrogen and oxygen atoms in total. The maximum absolute atomic E-state index is 11.0. The molecule has 4 heteroatoms. The molecule has 0 amide bonds. The van der Waals surface area contributed by atoms with E-state index in [0.717, 1.165) is 16.7 Å². The number of nitrogens with zero attached hydrogens (tertiary/aromatic N) is 1. The van der Waals surface area contributed by atoms with E-state index in [2.05, 4.69) is 4.98 Å². The summed E-state index contributed by atoms with van der Waals surface area (Å²) in [5.41, 5.74) is 2.87. The number of aromatic nitrogens is 1. The van der Waals surface area contributed by atoms with Crippen molar-refractivity contribution in [1.82, 2.24) is 4.98 Å². The Morgan fingerprint density at radius 1 is 1.21 bits per heavy atom. The number of aromatic carboxylic acids is 1. The summed E-state index contributed by atoms with van der Waals surface area (Å²) in [5.74, 6) is -0.759. The number of pyridine rings is 1. The van der Waals surface area contributed by atoms with Gasteiger partial charge in [0.1, 0.15) is 5.75 Å². The van der Waals surface area contributed by atoms with Crippen molar-refractivity contribution >= 4 is 5.97 Å². The van der Waals surface area contributed by atoms with Crippen LogP contribution in [-0.4, -0.2) is 21.2 Å². The SMILES string of the molecule is CCc1cc(Cc2ccc(O)cc2)cnc1C(=O)O. The number of hydrogen-bond acceptors (Lipinski definition) is 3. The first kappa shape index (κ1) is 13.1. The third-order valence-corrected chi connectivity index (χ3v) is 2.95. The molecule has 2 N–H and O–H groups in total. The van der Waals surface area contributed by atoms with Gasteiger partial charge in [-0.25, -0.2) is 9.78 Å². The van der Waals surface area contributed by atoms with Gasteiger partial charge in [-0.2, -0.15) is 0 Å². The molecule has 0 aliphatic heterocycles. The van der Waals surface area contributed by atoms with E-state index in [1.165, 1.54) is 0 Å². The lowest BCUT2D eigenvalue weighted by molar-refractivity contribution is 0.0689. The molecule has 19 heavy (non-hydrogen) atoms. The molecule has 2 aromatic rings. The topological polar surface area (TPSA) is 70.4 Å². The first-order valence-electron chi connectivity index (χ1n) is 6.09. The first-order chi connectivity index (χ1) is 9.10. The van der Waals surface area contributed by atoms with Gasteiger partial charge in [-0.1, -0.05) is 25.1 Å². The Labute approximate surface area is 111 Å². The third kappa shape index (κ3) is 3.10. The molecule has 0 unspecified atom stereocenters. The largest absolute Gasteiger partial charge is 0.508 e. The summed E-state index contributed by atoms with van der Waals surface area (Å²) >= 11 is 0. The second-order valence-electron chi connectivity index (χ2n) is 4.35. The van der Waals surface area contributed by atoms with Crippen molar-refractivity contribution < 1.29 is 15.0 Å². The lowest BCUT2D eigenvalue weighted by atomic mass is 10.0. The van der Waals surface area contributed by atoms with E-state index in [-0.39, 0.29) is 11.4 Å². The molecule has 1 heterocycles.